The predicted octanol–water partition coefficient (Wildman–Crippen LogP) is 6.04. The van der Waals surface area contributed by atoms with Crippen molar-refractivity contribution in [2.75, 3.05) is 6.61 Å². The summed E-state index contributed by atoms with van der Waals surface area (Å²) in [6, 6.07) is 16.4. The molecule has 0 radical (unpaired) electrons. The van der Waals surface area contributed by atoms with Gasteiger partial charge in [-0.2, -0.15) is 10.2 Å². The molecule has 2 N–H and O–H groups in total. The number of hydrogen-bond donors (Lipinski definition) is 2. The lowest BCUT2D eigenvalue weighted by Crippen LogP contribution is -2.47. The van der Waals surface area contributed by atoms with E-state index in [1.54, 1.807) is 0 Å². The number of H-pyrrole nitrogens is 1. The van der Waals surface area contributed by atoms with Crippen LogP contribution in [0.5, 0.6) is 5.75 Å². The summed E-state index contributed by atoms with van der Waals surface area (Å²) in [5.41, 5.74) is 3.53. The molecular weight excluding hydrogens is 476 g/mol. The highest BCUT2D eigenvalue weighted by molar-refractivity contribution is 6.28. The normalized spacial score (nSPS) is 17.9. The van der Waals surface area contributed by atoms with Crippen molar-refractivity contribution in [2.45, 2.75) is 71.4 Å². The molecule has 8 nitrogen and oxygen atoms in total. The van der Waals surface area contributed by atoms with Gasteiger partial charge in [-0.15, -0.1) is 0 Å². The summed E-state index contributed by atoms with van der Waals surface area (Å²) >= 11 is 0. The number of para-hydroxylation sites is 1. The molecule has 0 saturated carbocycles. The molecule has 1 aliphatic heterocycles. The zero-order valence-electron chi connectivity index (χ0n) is 22.6. The zero-order valence-corrected chi connectivity index (χ0v) is 22.6. The van der Waals surface area contributed by atoms with Crippen LogP contribution in [0.15, 0.2) is 54.9 Å². The summed E-state index contributed by atoms with van der Waals surface area (Å²) in [5.74, 6) is 1.08. The van der Waals surface area contributed by atoms with Gasteiger partial charge < -0.3 is 10.1 Å². The van der Waals surface area contributed by atoms with Crippen LogP contribution in [0.3, 0.4) is 0 Å². The Morgan fingerprint density at radius 2 is 1.87 bits per heavy atom. The van der Waals surface area contributed by atoms with Gasteiger partial charge in [-0.05, 0) is 56.5 Å². The van der Waals surface area contributed by atoms with E-state index in [9.17, 15) is 4.79 Å². The van der Waals surface area contributed by atoms with Crippen LogP contribution in [0.2, 0.25) is 0 Å². The zero-order chi connectivity index (χ0) is 26.7. The third-order valence-corrected chi connectivity index (χ3v) is 7.25. The van der Waals surface area contributed by atoms with Gasteiger partial charge in [-0.25, -0.2) is 4.98 Å². The Labute approximate surface area is 223 Å². The molecule has 0 bridgehead atoms. The maximum absolute atomic E-state index is 13.7. The minimum atomic E-state index is -0.641. The number of carbonyl (C=O) groups excluding carboxylic acids is 1. The Kier molecular flexibility index (Phi) is 7.31. The van der Waals surface area contributed by atoms with Crippen LogP contribution < -0.4 is 10.1 Å². The number of aromatic nitrogens is 5. The quantitative estimate of drug-likeness (QED) is 0.253. The van der Waals surface area contributed by atoms with E-state index < -0.39 is 5.54 Å². The van der Waals surface area contributed by atoms with Gasteiger partial charge in [0.05, 0.1) is 28.9 Å². The number of unbranched alkanes of at least 4 members (excludes halogenated alkanes) is 3. The second-order valence-corrected chi connectivity index (χ2v) is 10.5. The van der Waals surface area contributed by atoms with E-state index in [1.807, 2.05) is 41.1 Å². The van der Waals surface area contributed by atoms with Crippen molar-refractivity contribution in [3.05, 3.63) is 71.9 Å². The largest absolute Gasteiger partial charge is 0.494 e. The second-order valence-electron chi connectivity index (χ2n) is 10.5. The van der Waals surface area contributed by atoms with Crippen LogP contribution in [-0.4, -0.2) is 37.5 Å². The molecule has 0 fully saturated rings. The first-order chi connectivity index (χ1) is 18.4. The molecule has 2 aromatic heterocycles. The van der Waals surface area contributed by atoms with Gasteiger partial charge in [0.2, 0.25) is 0 Å². The topological polar surface area (TPSA) is 97.7 Å². The lowest BCUT2D eigenvalue weighted by Gasteiger charge is -2.37. The van der Waals surface area contributed by atoms with Crippen LogP contribution in [0.25, 0.3) is 22.0 Å². The molecule has 0 spiro atoms. The molecule has 5 rings (SSSR count). The highest BCUT2D eigenvalue weighted by atomic mass is 16.5. The van der Waals surface area contributed by atoms with Crippen molar-refractivity contribution in [2.24, 2.45) is 0 Å². The predicted molar refractivity (Wildman–Crippen MR) is 150 cm³/mol. The Balaban J connectivity index is 1.52. The molecule has 8 heteroatoms. The third-order valence-electron chi connectivity index (χ3n) is 7.25. The molecule has 1 amide bonds. The van der Waals surface area contributed by atoms with Crippen LogP contribution in [0.4, 0.5) is 0 Å². The molecule has 1 aliphatic rings. The minimum Gasteiger partial charge on any atom is -0.494 e. The lowest BCUT2D eigenvalue weighted by atomic mass is 9.79. The standard InChI is InChI=1S/C30H36N6O2/c1-5-6-7-10-17-38-22-15-13-21(14-16-22)30(4)18-24(26(29(37)33-30)28-31-19-32-34-28)27-23-11-8-9-12-25(23)36(35-27)20(2)3/h8-9,11-16,19-20H,5-7,10,17-18H2,1-4H3,(H,33,37)(H,31,32,34). The molecule has 198 valence electrons. The summed E-state index contributed by atoms with van der Waals surface area (Å²) in [6.07, 6.45) is 6.65. The molecule has 2 aromatic carbocycles. The number of nitrogens with one attached hydrogen (secondary N) is 2. The number of rotatable bonds is 10. The van der Waals surface area contributed by atoms with Crippen molar-refractivity contribution < 1.29 is 9.53 Å². The van der Waals surface area contributed by atoms with Crippen molar-refractivity contribution in [3.63, 3.8) is 0 Å². The lowest BCUT2D eigenvalue weighted by molar-refractivity contribution is -0.117. The van der Waals surface area contributed by atoms with Gasteiger partial charge in [-0.3, -0.25) is 14.6 Å². The fourth-order valence-electron chi connectivity index (χ4n) is 5.23. The Hall–Kier alpha value is -3.94. The number of fused-ring (bicyclic) bond motifs is 1. The SMILES string of the molecule is CCCCCCOc1ccc(C2(C)CC(c3nn(C(C)C)c4ccccc34)=C(c3ncn[nH]3)C(=O)N2)cc1. The summed E-state index contributed by atoms with van der Waals surface area (Å²) < 4.78 is 7.97. The van der Waals surface area contributed by atoms with E-state index in [1.165, 1.54) is 25.6 Å². The Morgan fingerprint density at radius 1 is 1.08 bits per heavy atom. The summed E-state index contributed by atoms with van der Waals surface area (Å²) in [7, 11) is 0. The van der Waals surface area contributed by atoms with Gasteiger partial charge in [0.25, 0.3) is 5.91 Å². The number of aromatic amines is 1. The maximum Gasteiger partial charge on any atom is 0.256 e. The number of nitrogens with zero attached hydrogens (tertiary/aromatic N) is 4. The first-order valence-corrected chi connectivity index (χ1v) is 13.5. The molecule has 38 heavy (non-hydrogen) atoms. The highest BCUT2D eigenvalue weighted by Crippen LogP contribution is 2.42. The highest BCUT2D eigenvalue weighted by Gasteiger charge is 2.40. The minimum absolute atomic E-state index is 0.168. The maximum atomic E-state index is 13.7. The van der Waals surface area contributed by atoms with E-state index in [-0.39, 0.29) is 11.9 Å². The van der Waals surface area contributed by atoms with E-state index in [4.69, 9.17) is 9.84 Å². The van der Waals surface area contributed by atoms with Gasteiger partial charge in [-0.1, -0.05) is 56.5 Å². The monoisotopic (exact) mass is 512 g/mol. The van der Waals surface area contributed by atoms with E-state index in [2.05, 4.69) is 60.3 Å². The number of benzene rings is 2. The molecule has 3 heterocycles. The average Bonchev–Trinajstić information content (AvgIpc) is 3.57. The average molecular weight is 513 g/mol. The third kappa shape index (κ3) is 4.95. The van der Waals surface area contributed by atoms with Crippen LogP contribution in [0.1, 0.15) is 82.9 Å². The Morgan fingerprint density at radius 3 is 2.58 bits per heavy atom. The van der Waals surface area contributed by atoms with E-state index in [0.717, 1.165) is 39.9 Å². The number of hydrogen-bond acceptors (Lipinski definition) is 5. The van der Waals surface area contributed by atoms with Gasteiger partial charge >= 0.3 is 0 Å². The fraction of sp³-hybridized carbons (Fsp3) is 0.400. The summed E-state index contributed by atoms with van der Waals surface area (Å²) in [4.78, 5) is 18.1. The molecule has 0 aliphatic carbocycles. The van der Waals surface area contributed by atoms with Crippen molar-refractivity contribution >= 4 is 28.0 Å². The van der Waals surface area contributed by atoms with E-state index >= 15 is 0 Å². The molecule has 1 atom stereocenters. The van der Waals surface area contributed by atoms with Crippen LogP contribution >= 0.6 is 0 Å². The second kappa shape index (κ2) is 10.8. The summed E-state index contributed by atoms with van der Waals surface area (Å²) in [6.45, 7) is 9.20. The molecule has 0 saturated heterocycles. The summed E-state index contributed by atoms with van der Waals surface area (Å²) in [5, 5.41) is 16.2. The van der Waals surface area contributed by atoms with Gasteiger partial charge in [0.1, 0.15) is 12.1 Å². The number of carbonyl (C=O) groups is 1. The van der Waals surface area contributed by atoms with Crippen LogP contribution in [0, 0.1) is 0 Å². The van der Waals surface area contributed by atoms with Gasteiger partial charge in [0, 0.05) is 17.8 Å². The van der Waals surface area contributed by atoms with Crippen molar-refractivity contribution in [3.8, 4) is 5.75 Å². The molecule has 4 aromatic rings. The van der Waals surface area contributed by atoms with E-state index in [0.29, 0.717) is 24.4 Å². The van der Waals surface area contributed by atoms with Crippen LogP contribution in [-0.2, 0) is 10.3 Å². The number of ether oxygens (including phenoxy) is 1. The van der Waals surface area contributed by atoms with Crippen molar-refractivity contribution in [1.29, 1.82) is 0 Å². The smallest absolute Gasteiger partial charge is 0.256 e. The van der Waals surface area contributed by atoms with Gasteiger partial charge in [0.15, 0.2) is 5.82 Å². The van der Waals surface area contributed by atoms with Crippen molar-refractivity contribution in [1.82, 2.24) is 30.3 Å². The molecule has 1 unspecified atom stereocenters. The Bertz CT molecular complexity index is 1440. The number of amides is 1. The fourth-order valence-corrected chi connectivity index (χ4v) is 5.23. The first-order valence-electron chi connectivity index (χ1n) is 13.5. The molecular formula is C30H36N6O2. The first kappa shape index (κ1) is 25.7.